The molecule has 1 N–H and O–H groups in total. The smallest absolute Gasteiger partial charge is 0.0305 e. The van der Waals surface area contributed by atoms with Crippen molar-refractivity contribution in [3.63, 3.8) is 0 Å². The molecule has 106 valence electrons. The van der Waals surface area contributed by atoms with Gasteiger partial charge < -0.3 is 5.32 Å². The van der Waals surface area contributed by atoms with Gasteiger partial charge in [-0.15, -0.1) is 12.6 Å². The minimum absolute atomic E-state index is 0.347. The molecule has 1 atom stereocenters. The molecule has 1 unspecified atom stereocenters. The normalized spacial score (nSPS) is 12.3. The number of nitrogens with one attached hydrogen (secondary N) is 1. The molecule has 2 aromatic rings. The van der Waals surface area contributed by atoms with E-state index in [0.29, 0.717) is 6.04 Å². The van der Waals surface area contributed by atoms with Gasteiger partial charge in [-0.1, -0.05) is 42.5 Å². The van der Waals surface area contributed by atoms with Crippen molar-refractivity contribution in [1.82, 2.24) is 5.32 Å². The highest BCUT2D eigenvalue weighted by molar-refractivity contribution is 7.80. The lowest BCUT2D eigenvalue weighted by Gasteiger charge is -2.18. The molecule has 20 heavy (non-hydrogen) atoms. The van der Waals surface area contributed by atoms with Gasteiger partial charge >= 0.3 is 0 Å². The van der Waals surface area contributed by atoms with Crippen LogP contribution in [0.15, 0.2) is 53.4 Å². The second kappa shape index (κ2) is 7.51. The standard InChI is InChI=1S/C18H23NS/c1-14-8-6-12-17(20)18(14)15(2)19-13-7-11-16-9-4-3-5-10-16/h3-6,8-10,12,15,19-20H,7,11,13H2,1-2H3. The molecule has 0 aliphatic heterocycles. The topological polar surface area (TPSA) is 12.0 Å². The molecule has 0 amide bonds. The maximum absolute atomic E-state index is 4.57. The van der Waals surface area contributed by atoms with Crippen LogP contribution in [0.5, 0.6) is 0 Å². The Labute approximate surface area is 127 Å². The lowest BCUT2D eigenvalue weighted by atomic mass is 10.0. The van der Waals surface area contributed by atoms with Gasteiger partial charge in [0.05, 0.1) is 0 Å². The van der Waals surface area contributed by atoms with Crippen LogP contribution < -0.4 is 5.32 Å². The van der Waals surface area contributed by atoms with Crippen LogP contribution in [0, 0.1) is 6.92 Å². The summed E-state index contributed by atoms with van der Waals surface area (Å²) in [6.45, 7) is 5.39. The molecule has 0 heterocycles. The number of hydrogen-bond donors (Lipinski definition) is 2. The van der Waals surface area contributed by atoms with Crippen molar-refractivity contribution in [2.45, 2.75) is 37.6 Å². The molecule has 2 rings (SSSR count). The third-order valence-corrected chi connectivity index (χ3v) is 4.06. The number of hydrogen-bond acceptors (Lipinski definition) is 2. The maximum Gasteiger partial charge on any atom is 0.0305 e. The first-order valence-electron chi connectivity index (χ1n) is 7.24. The van der Waals surface area contributed by atoms with E-state index in [1.807, 2.05) is 0 Å². The molecular weight excluding hydrogens is 262 g/mol. The first-order valence-corrected chi connectivity index (χ1v) is 7.69. The summed E-state index contributed by atoms with van der Waals surface area (Å²) in [5.74, 6) is 0. The summed E-state index contributed by atoms with van der Waals surface area (Å²) in [6, 6.07) is 17.3. The summed E-state index contributed by atoms with van der Waals surface area (Å²) in [6.07, 6.45) is 2.28. The number of benzene rings is 2. The van der Waals surface area contributed by atoms with Crippen LogP contribution in [-0.2, 0) is 6.42 Å². The van der Waals surface area contributed by atoms with Crippen molar-refractivity contribution in [2.75, 3.05) is 6.54 Å². The van der Waals surface area contributed by atoms with Crippen molar-refractivity contribution in [3.8, 4) is 0 Å². The van der Waals surface area contributed by atoms with E-state index in [0.717, 1.165) is 24.3 Å². The Morgan fingerprint density at radius 1 is 1.05 bits per heavy atom. The lowest BCUT2D eigenvalue weighted by molar-refractivity contribution is 0.550. The van der Waals surface area contributed by atoms with E-state index in [-0.39, 0.29) is 0 Å². The monoisotopic (exact) mass is 285 g/mol. The summed E-state index contributed by atoms with van der Waals surface area (Å²) in [5.41, 5.74) is 4.03. The van der Waals surface area contributed by atoms with Gasteiger partial charge in [0, 0.05) is 10.9 Å². The average Bonchev–Trinajstić information content (AvgIpc) is 2.44. The van der Waals surface area contributed by atoms with E-state index < -0.39 is 0 Å². The van der Waals surface area contributed by atoms with Crippen LogP contribution in [0.1, 0.15) is 36.1 Å². The van der Waals surface area contributed by atoms with Crippen molar-refractivity contribution < 1.29 is 0 Å². The van der Waals surface area contributed by atoms with E-state index in [2.05, 4.69) is 80.3 Å². The molecule has 0 fully saturated rings. The van der Waals surface area contributed by atoms with Gasteiger partial charge in [0.15, 0.2) is 0 Å². The molecule has 2 aromatic carbocycles. The maximum atomic E-state index is 4.57. The summed E-state index contributed by atoms with van der Waals surface area (Å²) < 4.78 is 0. The van der Waals surface area contributed by atoms with Gasteiger partial charge in [0.2, 0.25) is 0 Å². The predicted octanol–water partition coefficient (Wildman–Crippen LogP) is 4.57. The van der Waals surface area contributed by atoms with Crippen molar-refractivity contribution >= 4 is 12.6 Å². The molecule has 0 aliphatic rings. The molecule has 0 saturated carbocycles. The van der Waals surface area contributed by atoms with Gasteiger partial charge in [-0.25, -0.2) is 0 Å². The molecule has 0 aromatic heterocycles. The van der Waals surface area contributed by atoms with Crippen LogP contribution in [0.4, 0.5) is 0 Å². The van der Waals surface area contributed by atoms with Crippen molar-refractivity contribution in [1.29, 1.82) is 0 Å². The summed E-state index contributed by atoms with van der Waals surface area (Å²) in [4.78, 5) is 1.08. The van der Waals surface area contributed by atoms with E-state index in [9.17, 15) is 0 Å². The average molecular weight is 285 g/mol. The van der Waals surface area contributed by atoms with Crippen molar-refractivity contribution in [3.05, 3.63) is 65.2 Å². The van der Waals surface area contributed by atoms with E-state index in [4.69, 9.17) is 0 Å². The Balaban J connectivity index is 1.82. The van der Waals surface area contributed by atoms with E-state index in [1.165, 1.54) is 16.7 Å². The SMILES string of the molecule is Cc1cccc(S)c1C(C)NCCCc1ccccc1. The highest BCUT2D eigenvalue weighted by Gasteiger charge is 2.10. The molecule has 0 aliphatic carbocycles. The van der Waals surface area contributed by atoms with Gasteiger partial charge in [-0.3, -0.25) is 0 Å². The zero-order valence-corrected chi connectivity index (χ0v) is 13.2. The van der Waals surface area contributed by atoms with Crippen LogP contribution >= 0.6 is 12.6 Å². The fourth-order valence-corrected chi connectivity index (χ4v) is 3.04. The van der Waals surface area contributed by atoms with E-state index >= 15 is 0 Å². The Bertz CT molecular complexity index is 516. The zero-order valence-electron chi connectivity index (χ0n) is 12.3. The Hall–Kier alpha value is -1.25. The molecule has 1 nitrogen and oxygen atoms in total. The van der Waals surface area contributed by atoms with Crippen LogP contribution in [0.2, 0.25) is 0 Å². The molecule has 2 heteroatoms. The fraction of sp³-hybridized carbons (Fsp3) is 0.333. The van der Waals surface area contributed by atoms with Crippen LogP contribution in [0.25, 0.3) is 0 Å². The van der Waals surface area contributed by atoms with E-state index in [1.54, 1.807) is 0 Å². The lowest BCUT2D eigenvalue weighted by Crippen LogP contribution is -2.21. The molecule has 0 bridgehead atoms. The third kappa shape index (κ3) is 4.12. The van der Waals surface area contributed by atoms with Gasteiger partial charge in [0.25, 0.3) is 0 Å². The quantitative estimate of drug-likeness (QED) is 0.585. The second-order valence-corrected chi connectivity index (χ2v) is 5.75. The van der Waals surface area contributed by atoms with Gasteiger partial charge in [-0.2, -0.15) is 0 Å². The Kier molecular flexibility index (Phi) is 5.69. The zero-order chi connectivity index (χ0) is 14.4. The molecule has 0 radical (unpaired) electrons. The predicted molar refractivity (Wildman–Crippen MR) is 89.6 cm³/mol. The van der Waals surface area contributed by atoms with Gasteiger partial charge in [0.1, 0.15) is 0 Å². The van der Waals surface area contributed by atoms with Crippen molar-refractivity contribution in [2.24, 2.45) is 0 Å². The highest BCUT2D eigenvalue weighted by atomic mass is 32.1. The minimum atomic E-state index is 0.347. The van der Waals surface area contributed by atoms with Crippen LogP contribution in [-0.4, -0.2) is 6.54 Å². The molecular formula is C18H23NS. The largest absolute Gasteiger partial charge is 0.310 e. The Morgan fingerprint density at radius 2 is 1.80 bits per heavy atom. The molecule has 0 saturated heterocycles. The summed E-state index contributed by atoms with van der Waals surface area (Å²) in [7, 11) is 0. The summed E-state index contributed by atoms with van der Waals surface area (Å²) in [5, 5.41) is 3.60. The summed E-state index contributed by atoms with van der Waals surface area (Å²) >= 11 is 4.57. The highest BCUT2D eigenvalue weighted by Crippen LogP contribution is 2.24. The second-order valence-electron chi connectivity index (χ2n) is 5.27. The van der Waals surface area contributed by atoms with Gasteiger partial charge in [-0.05, 0) is 56.0 Å². The number of rotatable bonds is 6. The van der Waals surface area contributed by atoms with Crippen LogP contribution in [0.3, 0.4) is 0 Å². The number of aryl methyl sites for hydroxylation is 2. The fourth-order valence-electron chi connectivity index (χ4n) is 2.59. The molecule has 0 spiro atoms. The minimum Gasteiger partial charge on any atom is -0.310 e. The Morgan fingerprint density at radius 3 is 2.50 bits per heavy atom. The number of thiol groups is 1. The first kappa shape index (κ1) is 15.1. The third-order valence-electron chi connectivity index (χ3n) is 3.67. The first-order chi connectivity index (χ1) is 9.68.